The summed E-state index contributed by atoms with van der Waals surface area (Å²) in [4.78, 5) is 14.7. The van der Waals surface area contributed by atoms with Crippen molar-refractivity contribution in [3.05, 3.63) is 52.0 Å². The summed E-state index contributed by atoms with van der Waals surface area (Å²) in [6.45, 7) is 6.59. The summed E-state index contributed by atoms with van der Waals surface area (Å²) in [7, 11) is -3.73. The van der Waals surface area contributed by atoms with Gasteiger partial charge in [-0.25, -0.2) is 8.42 Å². The number of rotatable bonds is 4. The lowest BCUT2D eigenvalue weighted by molar-refractivity contribution is -0.119. The molecule has 0 saturated heterocycles. The largest absolute Gasteiger partial charge is 0.311 e. The van der Waals surface area contributed by atoms with Gasteiger partial charge in [0, 0.05) is 33.7 Å². The fourth-order valence-corrected chi connectivity index (χ4v) is 5.02. The molecule has 0 radical (unpaired) electrons. The summed E-state index contributed by atoms with van der Waals surface area (Å²) >= 11 is 3.42. The quantitative estimate of drug-likeness (QED) is 0.721. The van der Waals surface area contributed by atoms with Crippen molar-refractivity contribution in [2.75, 3.05) is 16.2 Å². The molecule has 2 aromatic rings. The maximum absolute atomic E-state index is 12.9. The molecule has 0 bridgehead atoms. The van der Waals surface area contributed by atoms with E-state index in [9.17, 15) is 13.2 Å². The van der Waals surface area contributed by atoms with Gasteiger partial charge in [0.1, 0.15) is 0 Å². The first-order chi connectivity index (χ1) is 13.1. The van der Waals surface area contributed by atoms with Crippen LogP contribution in [0.25, 0.3) is 0 Å². The third kappa shape index (κ3) is 3.46. The van der Waals surface area contributed by atoms with Gasteiger partial charge in [0.05, 0.1) is 4.90 Å². The van der Waals surface area contributed by atoms with Crippen molar-refractivity contribution in [3.8, 4) is 0 Å². The SMILES string of the molecule is Cc1cc(NS(=O)(=O)c2ccc3c(c2)C(C)(C)CN3C(=O)C2CC2)ccc1Br. The topological polar surface area (TPSA) is 66.5 Å². The number of nitrogens with zero attached hydrogens (tertiary/aromatic N) is 1. The number of benzene rings is 2. The zero-order chi connectivity index (χ0) is 20.3. The molecule has 28 heavy (non-hydrogen) atoms. The van der Waals surface area contributed by atoms with E-state index in [0.717, 1.165) is 34.1 Å². The third-order valence-corrected chi connectivity index (χ3v) is 7.72. The van der Waals surface area contributed by atoms with E-state index < -0.39 is 10.0 Å². The second-order valence-corrected chi connectivity index (χ2v) is 10.9. The minimum Gasteiger partial charge on any atom is -0.311 e. The molecule has 0 unspecified atom stereocenters. The van der Waals surface area contributed by atoms with Gasteiger partial charge < -0.3 is 4.90 Å². The van der Waals surface area contributed by atoms with Crippen LogP contribution in [0.1, 0.15) is 37.8 Å². The molecular formula is C21H23BrN2O3S. The lowest BCUT2D eigenvalue weighted by Gasteiger charge is -2.20. The number of halogens is 1. The summed E-state index contributed by atoms with van der Waals surface area (Å²) < 4.78 is 29.5. The van der Waals surface area contributed by atoms with Crippen LogP contribution < -0.4 is 9.62 Å². The average Bonchev–Trinajstić information content (AvgIpc) is 3.43. The van der Waals surface area contributed by atoms with Crippen LogP contribution in [0.15, 0.2) is 45.8 Å². The molecule has 1 heterocycles. The van der Waals surface area contributed by atoms with Crippen molar-refractivity contribution in [2.24, 2.45) is 5.92 Å². The normalized spacial score (nSPS) is 18.1. The van der Waals surface area contributed by atoms with Gasteiger partial charge in [0.25, 0.3) is 10.0 Å². The first kappa shape index (κ1) is 19.5. The van der Waals surface area contributed by atoms with E-state index in [4.69, 9.17) is 0 Å². The van der Waals surface area contributed by atoms with E-state index in [1.807, 2.05) is 31.7 Å². The number of carbonyl (C=O) groups excluding carboxylic acids is 1. The lowest BCUT2D eigenvalue weighted by atomic mass is 9.87. The van der Waals surface area contributed by atoms with Gasteiger partial charge in [0.15, 0.2) is 0 Å². The Morgan fingerprint density at radius 1 is 1.18 bits per heavy atom. The van der Waals surface area contributed by atoms with Crippen LogP contribution in [0, 0.1) is 12.8 Å². The Labute approximate surface area is 174 Å². The Kier molecular flexibility index (Phi) is 4.58. The van der Waals surface area contributed by atoms with E-state index in [2.05, 4.69) is 20.7 Å². The average molecular weight is 463 g/mol. The predicted molar refractivity (Wildman–Crippen MR) is 114 cm³/mol. The standard InChI is InChI=1S/C21H23BrN2O3S/c1-13-10-15(6-8-18(13)22)23-28(26,27)16-7-9-19-17(11-16)21(2,3)12-24(19)20(25)14-4-5-14/h6-11,14,23H,4-5,12H2,1-3H3. The molecule has 148 valence electrons. The summed E-state index contributed by atoms with van der Waals surface area (Å²) in [5.41, 5.74) is 2.91. The molecule has 2 aliphatic rings. The van der Waals surface area contributed by atoms with Crippen LogP contribution in [0.2, 0.25) is 0 Å². The fourth-order valence-electron chi connectivity index (χ4n) is 3.69. The molecule has 1 saturated carbocycles. The number of amides is 1. The molecule has 0 spiro atoms. The molecule has 2 aromatic carbocycles. The van der Waals surface area contributed by atoms with Crippen LogP contribution in [0.3, 0.4) is 0 Å². The maximum atomic E-state index is 12.9. The zero-order valence-electron chi connectivity index (χ0n) is 16.1. The van der Waals surface area contributed by atoms with E-state index in [1.165, 1.54) is 0 Å². The molecule has 1 amide bonds. The first-order valence-electron chi connectivity index (χ1n) is 9.33. The van der Waals surface area contributed by atoms with Gasteiger partial charge in [-0.15, -0.1) is 0 Å². The van der Waals surface area contributed by atoms with Crippen LogP contribution in [-0.2, 0) is 20.2 Å². The number of aryl methyl sites for hydroxylation is 1. The lowest BCUT2D eigenvalue weighted by Crippen LogP contribution is -2.34. The number of carbonyl (C=O) groups is 1. The van der Waals surface area contributed by atoms with Crippen molar-refractivity contribution in [1.82, 2.24) is 0 Å². The van der Waals surface area contributed by atoms with E-state index in [0.29, 0.717) is 12.2 Å². The molecule has 1 aliphatic heterocycles. The van der Waals surface area contributed by atoms with Crippen LogP contribution >= 0.6 is 15.9 Å². The number of hydrogen-bond acceptors (Lipinski definition) is 3. The molecule has 1 aliphatic carbocycles. The number of hydrogen-bond donors (Lipinski definition) is 1. The van der Waals surface area contributed by atoms with Crippen LogP contribution in [-0.4, -0.2) is 20.9 Å². The third-order valence-electron chi connectivity index (χ3n) is 5.45. The first-order valence-corrected chi connectivity index (χ1v) is 11.6. The van der Waals surface area contributed by atoms with Crippen molar-refractivity contribution < 1.29 is 13.2 Å². The highest BCUT2D eigenvalue weighted by Gasteiger charge is 2.43. The van der Waals surface area contributed by atoms with Gasteiger partial charge in [-0.05, 0) is 67.3 Å². The Morgan fingerprint density at radius 2 is 1.89 bits per heavy atom. The monoisotopic (exact) mass is 462 g/mol. The van der Waals surface area contributed by atoms with Crippen molar-refractivity contribution in [1.29, 1.82) is 0 Å². The second-order valence-electron chi connectivity index (χ2n) is 8.33. The highest BCUT2D eigenvalue weighted by molar-refractivity contribution is 9.10. The fraction of sp³-hybridized carbons (Fsp3) is 0.381. The highest BCUT2D eigenvalue weighted by Crippen LogP contribution is 2.44. The van der Waals surface area contributed by atoms with Gasteiger partial charge in [-0.2, -0.15) is 0 Å². The molecule has 1 fully saturated rings. The van der Waals surface area contributed by atoms with Crippen molar-refractivity contribution in [2.45, 2.75) is 43.9 Å². The van der Waals surface area contributed by atoms with E-state index in [-0.39, 0.29) is 22.1 Å². The number of sulfonamides is 1. The molecule has 1 N–H and O–H groups in total. The maximum Gasteiger partial charge on any atom is 0.261 e. The molecule has 7 heteroatoms. The molecule has 0 atom stereocenters. The van der Waals surface area contributed by atoms with Gasteiger partial charge in [0.2, 0.25) is 5.91 Å². The zero-order valence-corrected chi connectivity index (χ0v) is 18.5. The van der Waals surface area contributed by atoms with Gasteiger partial charge in [-0.1, -0.05) is 29.8 Å². The van der Waals surface area contributed by atoms with Crippen molar-refractivity contribution in [3.63, 3.8) is 0 Å². The van der Waals surface area contributed by atoms with Gasteiger partial charge in [-0.3, -0.25) is 9.52 Å². The number of anilines is 2. The number of nitrogens with one attached hydrogen (secondary N) is 1. The van der Waals surface area contributed by atoms with E-state index >= 15 is 0 Å². The van der Waals surface area contributed by atoms with Crippen molar-refractivity contribution >= 4 is 43.2 Å². The van der Waals surface area contributed by atoms with Crippen LogP contribution in [0.5, 0.6) is 0 Å². The highest BCUT2D eigenvalue weighted by atomic mass is 79.9. The predicted octanol–water partition coefficient (Wildman–Crippen LogP) is 4.59. The summed E-state index contributed by atoms with van der Waals surface area (Å²) in [6, 6.07) is 10.4. The summed E-state index contributed by atoms with van der Waals surface area (Å²) in [5, 5.41) is 0. The molecular weight excluding hydrogens is 440 g/mol. The molecule has 0 aromatic heterocycles. The molecule has 5 nitrogen and oxygen atoms in total. The Hall–Kier alpha value is -1.86. The minimum absolute atomic E-state index is 0.132. The van der Waals surface area contributed by atoms with Gasteiger partial charge >= 0.3 is 0 Å². The Morgan fingerprint density at radius 3 is 2.54 bits per heavy atom. The minimum atomic E-state index is -3.73. The number of fused-ring (bicyclic) bond motifs is 1. The smallest absolute Gasteiger partial charge is 0.261 e. The van der Waals surface area contributed by atoms with Crippen LogP contribution in [0.4, 0.5) is 11.4 Å². The Bertz CT molecular complexity index is 1080. The van der Waals surface area contributed by atoms with E-state index in [1.54, 1.807) is 30.3 Å². The summed E-state index contributed by atoms with van der Waals surface area (Å²) in [6.07, 6.45) is 1.90. The Balaban J connectivity index is 1.67. The molecule has 4 rings (SSSR count). The second kappa shape index (κ2) is 6.59. The summed E-state index contributed by atoms with van der Waals surface area (Å²) in [5.74, 6) is 0.290.